The van der Waals surface area contributed by atoms with Crippen LogP contribution in [0, 0.1) is 0 Å². The van der Waals surface area contributed by atoms with Crippen LogP contribution in [0.2, 0.25) is 0 Å². The van der Waals surface area contributed by atoms with Gasteiger partial charge < -0.3 is 5.32 Å². The van der Waals surface area contributed by atoms with E-state index < -0.39 is 10.0 Å². The van der Waals surface area contributed by atoms with E-state index in [1.54, 1.807) is 23.5 Å². The number of amides is 1. The third kappa shape index (κ3) is 4.63. The SMILES string of the molecule is CNS(=O)(=O)c1ccc(CNC(=O)CCc2ccsc2)s1. The van der Waals surface area contributed by atoms with E-state index >= 15 is 0 Å². The number of nitrogens with one attached hydrogen (secondary N) is 2. The van der Waals surface area contributed by atoms with Crippen LogP contribution in [0.3, 0.4) is 0 Å². The van der Waals surface area contributed by atoms with Crippen molar-refractivity contribution in [2.45, 2.75) is 23.6 Å². The predicted molar refractivity (Wildman–Crippen MR) is 85.1 cm³/mol. The third-order valence-electron chi connectivity index (χ3n) is 2.85. The summed E-state index contributed by atoms with van der Waals surface area (Å²) in [6.45, 7) is 0.354. The molecule has 2 N–H and O–H groups in total. The van der Waals surface area contributed by atoms with Crippen LogP contribution in [0.5, 0.6) is 0 Å². The van der Waals surface area contributed by atoms with Gasteiger partial charge in [-0.15, -0.1) is 11.3 Å². The van der Waals surface area contributed by atoms with Crippen molar-refractivity contribution in [3.8, 4) is 0 Å². The smallest absolute Gasteiger partial charge is 0.249 e. The van der Waals surface area contributed by atoms with Crippen LogP contribution in [0.4, 0.5) is 0 Å². The maximum absolute atomic E-state index is 11.7. The molecule has 5 nitrogen and oxygen atoms in total. The third-order valence-corrected chi connectivity index (χ3v) is 6.57. The summed E-state index contributed by atoms with van der Waals surface area (Å²) in [5.74, 6) is -0.0346. The van der Waals surface area contributed by atoms with Gasteiger partial charge in [-0.05, 0) is 48.0 Å². The topological polar surface area (TPSA) is 75.3 Å². The zero-order chi connectivity index (χ0) is 15.3. The van der Waals surface area contributed by atoms with Crippen LogP contribution in [0.25, 0.3) is 0 Å². The number of carbonyl (C=O) groups is 1. The summed E-state index contributed by atoms with van der Waals surface area (Å²) < 4.78 is 25.7. The zero-order valence-corrected chi connectivity index (χ0v) is 13.9. The molecule has 0 saturated carbocycles. The Morgan fingerprint density at radius 2 is 2.10 bits per heavy atom. The summed E-state index contributed by atoms with van der Waals surface area (Å²) in [4.78, 5) is 12.6. The van der Waals surface area contributed by atoms with Crippen LogP contribution in [0.1, 0.15) is 16.9 Å². The Balaban J connectivity index is 1.81. The highest BCUT2D eigenvalue weighted by atomic mass is 32.2. The monoisotopic (exact) mass is 344 g/mol. The highest BCUT2D eigenvalue weighted by Gasteiger charge is 2.14. The van der Waals surface area contributed by atoms with E-state index in [0.29, 0.717) is 13.0 Å². The van der Waals surface area contributed by atoms with Crippen LogP contribution in [-0.4, -0.2) is 21.4 Å². The van der Waals surface area contributed by atoms with E-state index in [9.17, 15) is 13.2 Å². The molecule has 1 amide bonds. The molecule has 2 aromatic heterocycles. The van der Waals surface area contributed by atoms with E-state index in [2.05, 4.69) is 10.0 Å². The number of carbonyl (C=O) groups excluding carboxylic acids is 1. The summed E-state index contributed by atoms with van der Waals surface area (Å²) >= 11 is 2.77. The fourth-order valence-electron chi connectivity index (χ4n) is 1.67. The second-order valence-electron chi connectivity index (χ2n) is 4.34. The molecule has 0 saturated heterocycles. The van der Waals surface area contributed by atoms with Gasteiger partial charge in [0, 0.05) is 11.3 Å². The fraction of sp³-hybridized carbons (Fsp3) is 0.308. The lowest BCUT2D eigenvalue weighted by Gasteiger charge is -2.03. The Kier molecular flexibility index (Phi) is 5.51. The molecule has 2 heterocycles. The Morgan fingerprint density at radius 3 is 2.76 bits per heavy atom. The molecule has 8 heteroatoms. The fourth-order valence-corrected chi connectivity index (χ4v) is 4.50. The van der Waals surface area contributed by atoms with Gasteiger partial charge in [-0.25, -0.2) is 13.1 Å². The lowest BCUT2D eigenvalue weighted by molar-refractivity contribution is -0.121. The largest absolute Gasteiger partial charge is 0.351 e. The van der Waals surface area contributed by atoms with E-state index in [4.69, 9.17) is 0 Å². The predicted octanol–water partition coefficient (Wildman–Crippen LogP) is 1.97. The van der Waals surface area contributed by atoms with Crippen LogP contribution >= 0.6 is 22.7 Å². The lowest BCUT2D eigenvalue weighted by atomic mass is 10.2. The van der Waals surface area contributed by atoms with Gasteiger partial charge in [0.2, 0.25) is 15.9 Å². The summed E-state index contributed by atoms with van der Waals surface area (Å²) in [6, 6.07) is 5.27. The van der Waals surface area contributed by atoms with Gasteiger partial charge in [0.1, 0.15) is 4.21 Å². The normalized spacial score (nSPS) is 11.5. The summed E-state index contributed by atoms with van der Waals surface area (Å²) in [5.41, 5.74) is 1.16. The van der Waals surface area contributed by atoms with Crippen molar-refractivity contribution in [3.05, 3.63) is 39.4 Å². The number of sulfonamides is 1. The average Bonchev–Trinajstić information content (AvgIpc) is 3.14. The van der Waals surface area contributed by atoms with E-state index in [0.717, 1.165) is 28.2 Å². The van der Waals surface area contributed by atoms with Gasteiger partial charge in [0.05, 0.1) is 6.54 Å². The van der Waals surface area contributed by atoms with Crippen molar-refractivity contribution in [3.63, 3.8) is 0 Å². The summed E-state index contributed by atoms with van der Waals surface area (Å²) in [6.07, 6.45) is 1.16. The molecule has 0 spiro atoms. The number of aryl methyl sites for hydroxylation is 1. The maximum atomic E-state index is 11.7. The average molecular weight is 344 g/mol. The van der Waals surface area contributed by atoms with Crippen molar-refractivity contribution in [2.75, 3.05) is 7.05 Å². The number of hydrogen-bond donors (Lipinski definition) is 2. The van der Waals surface area contributed by atoms with Crippen LogP contribution < -0.4 is 10.0 Å². The molecule has 0 radical (unpaired) electrons. The molecule has 114 valence electrons. The van der Waals surface area contributed by atoms with Gasteiger partial charge in [0.25, 0.3) is 0 Å². The lowest BCUT2D eigenvalue weighted by Crippen LogP contribution is -2.22. The van der Waals surface area contributed by atoms with E-state index in [1.165, 1.54) is 7.05 Å². The maximum Gasteiger partial charge on any atom is 0.249 e. The molecule has 0 fully saturated rings. The molecule has 21 heavy (non-hydrogen) atoms. The molecular weight excluding hydrogens is 328 g/mol. The van der Waals surface area contributed by atoms with Gasteiger partial charge >= 0.3 is 0 Å². The second kappa shape index (κ2) is 7.17. The summed E-state index contributed by atoms with van der Waals surface area (Å²) in [7, 11) is -2.02. The Hall–Kier alpha value is -1.22. The number of hydrogen-bond acceptors (Lipinski definition) is 5. The zero-order valence-electron chi connectivity index (χ0n) is 11.5. The molecule has 0 aromatic carbocycles. The van der Waals surface area contributed by atoms with Gasteiger partial charge in [-0.1, -0.05) is 0 Å². The van der Waals surface area contributed by atoms with Gasteiger partial charge in [-0.3, -0.25) is 4.79 Å². The molecular formula is C13H16N2O3S3. The van der Waals surface area contributed by atoms with E-state index in [-0.39, 0.29) is 10.1 Å². The first-order valence-corrected chi connectivity index (χ1v) is 9.55. The minimum Gasteiger partial charge on any atom is -0.351 e. The Labute approximate surface area is 132 Å². The van der Waals surface area contributed by atoms with Crippen molar-refractivity contribution >= 4 is 38.6 Å². The number of rotatable bonds is 7. The molecule has 0 aliphatic heterocycles. The summed E-state index contributed by atoms with van der Waals surface area (Å²) in [5, 5.41) is 6.82. The standard InChI is InChI=1S/C13H16N2O3S3/c1-14-21(17,18)13-5-3-11(20-13)8-15-12(16)4-2-10-6-7-19-9-10/h3,5-7,9,14H,2,4,8H2,1H3,(H,15,16). The first kappa shape index (κ1) is 16.2. The Bertz CT molecular complexity index is 690. The first-order chi connectivity index (χ1) is 10.0. The van der Waals surface area contributed by atoms with Crippen LogP contribution in [-0.2, 0) is 27.8 Å². The molecule has 0 bridgehead atoms. The van der Waals surface area contributed by atoms with Crippen molar-refractivity contribution < 1.29 is 13.2 Å². The van der Waals surface area contributed by atoms with Gasteiger partial charge in [0.15, 0.2) is 0 Å². The van der Waals surface area contributed by atoms with Crippen molar-refractivity contribution in [1.82, 2.24) is 10.0 Å². The highest BCUT2D eigenvalue weighted by Crippen LogP contribution is 2.21. The second-order valence-corrected chi connectivity index (χ2v) is 8.40. The minimum absolute atomic E-state index is 0.0346. The molecule has 0 unspecified atom stereocenters. The van der Waals surface area contributed by atoms with Crippen LogP contribution in [0.15, 0.2) is 33.2 Å². The minimum atomic E-state index is -3.40. The molecule has 0 aliphatic rings. The highest BCUT2D eigenvalue weighted by molar-refractivity contribution is 7.91. The molecule has 2 aromatic rings. The molecule has 0 atom stereocenters. The molecule has 2 rings (SSSR count). The van der Waals surface area contributed by atoms with Crippen molar-refractivity contribution in [2.24, 2.45) is 0 Å². The Morgan fingerprint density at radius 1 is 1.29 bits per heavy atom. The number of thiophene rings is 2. The van der Waals surface area contributed by atoms with Crippen molar-refractivity contribution in [1.29, 1.82) is 0 Å². The van der Waals surface area contributed by atoms with E-state index in [1.807, 2.05) is 16.8 Å². The first-order valence-electron chi connectivity index (χ1n) is 6.31. The molecule has 0 aliphatic carbocycles. The quantitative estimate of drug-likeness (QED) is 0.806. The van der Waals surface area contributed by atoms with Gasteiger partial charge in [-0.2, -0.15) is 11.3 Å².